The van der Waals surface area contributed by atoms with Crippen LogP contribution in [0.2, 0.25) is 0 Å². The Bertz CT molecular complexity index is 1330. The maximum Gasteiger partial charge on any atom is 0.269 e. The van der Waals surface area contributed by atoms with Crippen LogP contribution in [0.4, 0.5) is 11.4 Å². The van der Waals surface area contributed by atoms with Crippen LogP contribution >= 0.6 is 0 Å². The fourth-order valence-corrected chi connectivity index (χ4v) is 12.5. The number of nitrogens with zero attached hydrogens (tertiary/aromatic N) is 2. The molecule has 40 heavy (non-hydrogen) atoms. The van der Waals surface area contributed by atoms with E-state index < -0.39 is 11.2 Å². The van der Waals surface area contributed by atoms with E-state index in [2.05, 4.69) is 0 Å². The summed E-state index contributed by atoms with van der Waals surface area (Å²) in [6.07, 6.45) is 10.6. The highest BCUT2D eigenvalue weighted by atomic mass is 16.6. The second-order valence-corrected chi connectivity index (χ2v) is 15.2. The molecule has 8 nitrogen and oxygen atoms in total. The summed E-state index contributed by atoms with van der Waals surface area (Å²) in [6.45, 7) is 0. The van der Waals surface area contributed by atoms with Crippen LogP contribution in [0, 0.1) is 42.9 Å². The summed E-state index contributed by atoms with van der Waals surface area (Å²) in [5, 5.41) is 47.0. The molecular weight excluding hydrogens is 508 g/mol. The van der Waals surface area contributed by atoms with E-state index in [1.165, 1.54) is 0 Å². The van der Waals surface area contributed by atoms with Crippen molar-refractivity contribution in [2.24, 2.45) is 22.7 Å². The Morgan fingerprint density at radius 3 is 1.25 bits per heavy atom. The van der Waals surface area contributed by atoms with Gasteiger partial charge in [0.2, 0.25) is 0 Å². The van der Waals surface area contributed by atoms with Crippen molar-refractivity contribution in [3.8, 4) is 0 Å². The van der Waals surface area contributed by atoms with E-state index in [0.29, 0.717) is 24.7 Å². The third kappa shape index (κ3) is 3.26. The molecule has 8 atom stereocenters. The highest BCUT2D eigenvalue weighted by molar-refractivity contribution is 5.42. The third-order valence-electron chi connectivity index (χ3n) is 12.6. The van der Waals surface area contributed by atoms with Gasteiger partial charge in [0.25, 0.3) is 11.4 Å². The van der Waals surface area contributed by atoms with Crippen molar-refractivity contribution in [1.29, 1.82) is 0 Å². The maximum absolute atomic E-state index is 12.1. The molecule has 0 aliphatic heterocycles. The fourth-order valence-electron chi connectivity index (χ4n) is 12.5. The number of nitro benzene ring substituents is 2. The Kier molecular flexibility index (Phi) is 4.68. The van der Waals surface area contributed by atoms with Gasteiger partial charge in [-0.15, -0.1) is 0 Å². The number of rotatable bonds is 5. The summed E-state index contributed by atoms with van der Waals surface area (Å²) in [5.41, 5.74) is 0.250. The van der Waals surface area contributed by atoms with Crippen LogP contribution in [-0.4, -0.2) is 31.3 Å². The first kappa shape index (κ1) is 24.9. The second kappa shape index (κ2) is 7.51. The zero-order chi connectivity index (χ0) is 27.8. The number of nitro groups is 2. The molecule has 0 spiro atoms. The van der Waals surface area contributed by atoms with Crippen LogP contribution < -0.4 is 0 Å². The van der Waals surface area contributed by atoms with Gasteiger partial charge in [0, 0.05) is 24.3 Å². The lowest BCUT2D eigenvalue weighted by Gasteiger charge is -2.76. The average Bonchev–Trinajstić information content (AvgIpc) is 2.86. The molecule has 0 radical (unpaired) electrons. The summed E-state index contributed by atoms with van der Waals surface area (Å²) in [4.78, 5) is 22.0. The molecule has 0 heterocycles. The van der Waals surface area contributed by atoms with Gasteiger partial charge in [0.15, 0.2) is 0 Å². The molecule has 2 N–H and O–H groups in total. The van der Waals surface area contributed by atoms with E-state index in [0.717, 1.165) is 75.3 Å². The van der Waals surface area contributed by atoms with Crippen LogP contribution in [0.15, 0.2) is 48.5 Å². The van der Waals surface area contributed by atoms with Gasteiger partial charge in [0.1, 0.15) is 0 Å². The Labute approximate surface area is 233 Å². The van der Waals surface area contributed by atoms with Gasteiger partial charge >= 0.3 is 0 Å². The van der Waals surface area contributed by atoms with Gasteiger partial charge in [0.05, 0.1) is 21.0 Å². The van der Waals surface area contributed by atoms with Crippen LogP contribution in [0.1, 0.15) is 88.2 Å². The lowest BCUT2D eigenvalue weighted by molar-refractivity contribution is -0.385. The van der Waals surface area contributed by atoms with Crippen molar-refractivity contribution in [3.05, 3.63) is 79.9 Å². The molecule has 8 unspecified atom stereocenters. The van der Waals surface area contributed by atoms with Crippen molar-refractivity contribution >= 4 is 11.4 Å². The minimum atomic E-state index is -0.756. The molecular formula is C32H36N2O6. The first-order valence-electron chi connectivity index (χ1n) is 14.8. The van der Waals surface area contributed by atoms with Gasteiger partial charge in [-0.1, -0.05) is 24.3 Å². The zero-order valence-electron chi connectivity index (χ0n) is 22.7. The molecule has 8 aliphatic carbocycles. The summed E-state index contributed by atoms with van der Waals surface area (Å²) >= 11 is 0. The molecule has 0 aromatic heterocycles. The molecule has 2 aromatic rings. The van der Waals surface area contributed by atoms with Gasteiger partial charge in [-0.2, -0.15) is 0 Å². The highest BCUT2D eigenvalue weighted by Crippen LogP contribution is 2.79. The highest BCUT2D eigenvalue weighted by Gasteiger charge is 2.74. The molecule has 8 heteroatoms. The first-order valence-corrected chi connectivity index (χ1v) is 14.8. The van der Waals surface area contributed by atoms with Gasteiger partial charge in [-0.05, 0) is 122 Å². The van der Waals surface area contributed by atoms with Crippen LogP contribution in [0.3, 0.4) is 0 Å². The van der Waals surface area contributed by atoms with E-state index in [4.69, 9.17) is 0 Å². The summed E-state index contributed by atoms with van der Waals surface area (Å²) in [7, 11) is 0. The van der Waals surface area contributed by atoms with Crippen LogP contribution in [0.25, 0.3) is 0 Å². The van der Waals surface area contributed by atoms with E-state index in [1.807, 2.05) is 24.3 Å². The van der Waals surface area contributed by atoms with Crippen LogP contribution in [0.5, 0.6) is 0 Å². The predicted molar refractivity (Wildman–Crippen MR) is 147 cm³/mol. The monoisotopic (exact) mass is 544 g/mol. The molecule has 8 fully saturated rings. The number of aliphatic hydroxyl groups is 2. The fraction of sp³-hybridized carbons (Fsp3) is 0.625. The molecule has 0 amide bonds. The number of non-ortho nitro benzene ring substituents is 2. The SMILES string of the molecule is O=[N+]([O-])c1ccc(C23CC4CC(O)(C2)CC(C25CC6CC(O)(CC(c7ccc([N+](=O)[O-])cc7)(C6)C2)C5)(C4)C3)cc1. The zero-order valence-corrected chi connectivity index (χ0v) is 22.7. The van der Waals surface area contributed by atoms with Gasteiger partial charge < -0.3 is 10.2 Å². The minimum Gasteiger partial charge on any atom is -0.390 e. The van der Waals surface area contributed by atoms with E-state index in [1.54, 1.807) is 24.3 Å². The Balaban J connectivity index is 1.23. The van der Waals surface area contributed by atoms with Crippen molar-refractivity contribution in [2.75, 3.05) is 0 Å². The van der Waals surface area contributed by atoms with E-state index >= 15 is 0 Å². The van der Waals surface area contributed by atoms with Crippen molar-refractivity contribution < 1.29 is 20.1 Å². The van der Waals surface area contributed by atoms with Crippen LogP contribution in [-0.2, 0) is 10.8 Å². The lowest BCUT2D eigenvalue weighted by Crippen LogP contribution is -2.72. The summed E-state index contributed by atoms with van der Waals surface area (Å²) < 4.78 is 0. The van der Waals surface area contributed by atoms with E-state index in [9.17, 15) is 30.4 Å². The Morgan fingerprint density at radius 2 is 0.925 bits per heavy atom. The molecule has 0 saturated heterocycles. The van der Waals surface area contributed by atoms with Gasteiger partial charge in [-0.3, -0.25) is 20.2 Å². The molecule has 8 saturated carbocycles. The minimum absolute atomic E-state index is 0.0928. The number of hydrogen-bond acceptors (Lipinski definition) is 6. The molecule has 8 bridgehead atoms. The largest absolute Gasteiger partial charge is 0.390 e. The molecule has 2 aromatic carbocycles. The van der Waals surface area contributed by atoms with Crippen molar-refractivity contribution in [1.82, 2.24) is 0 Å². The van der Waals surface area contributed by atoms with Crippen molar-refractivity contribution in [2.45, 2.75) is 99.1 Å². The first-order chi connectivity index (χ1) is 18.9. The normalized spacial score (nSPS) is 46.0. The predicted octanol–water partition coefficient (Wildman–Crippen LogP) is 6.11. The lowest BCUT2D eigenvalue weighted by atomic mass is 9.29. The standard InChI is InChI=1S/C32H36N2O6/c35-31-13-21-9-27(17-31,23-1-5-25(6-2-23)33(37)38)15-29(11-21,19-31)30-12-22-10-28(16-30,18-32(36,14-22)20-30)24-3-7-26(8-4-24)34(39)40/h1-8,21-22,35-36H,9-20H2. The summed E-state index contributed by atoms with van der Waals surface area (Å²) in [6, 6.07) is 14.1. The topological polar surface area (TPSA) is 127 Å². The number of hydrogen-bond donors (Lipinski definition) is 2. The average molecular weight is 545 g/mol. The van der Waals surface area contributed by atoms with Crippen molar-refractivity contribution in [3.63, 3.8) is 0 Å². The van der Waals surface area contributed by atoms with Gasteiger partial charge in [-0.25, -0.2) is 0 Å². The number of benzene rings is 2. The third-order valence-corrected chi connectivity index (χ3v) is 12.6. The Morgan fingerprint density at radius 1 is 0.550 bits per heavy atom. The second-order valence-electron chi connectivity index (χ2n) is 15.2. The smallest absolute Gasteiger partial charge is 0.269 e. The molecule has 210 valence electrons. The summed E-state index contributed by atoms with van der Waals surface area (Å²) in [5.74, 6) is 0.795. The molecule has 8 aliphatic rings. The quantitative estimate of drug-likeness (QED) is 0.345. The molecule has 10 rings (SSSR count). The maximum atomic E-state index is 12.1. The Hall–Kier alpha value is -2.84. The van der Waals surface area contributed by atoms with E-state index in [-0.39, 0.29) is 42.9 Å².